The summed E-state index contributed by atoms with van der Waals surface area (Å²) in [7, 11) is 0. The van der Waals surface area contributed by atoms with Gasteiger partial charge in [-0.1, -0.05) is 67.6 Å². The fraction of sp³-hybridized carbons (Fsp3) is 0.235. The maximum atomic E-state index is 11.5. The number of carbonyl (C=O) groups is 1. The molecule has 98 valence electrons. The van der Waals surface area contributed by atoms with E-state index in [1.165, 1.54) is 5.56 Å². The number of amides is 1. The Morgan fingerprint density at radius 3 is 1.84 bits per heavy atom. The molecule has 1 unspecified atom stereocenters. The van der Waals surface area contributed by atoms with Crippen molar-refractivity contribution in [3.05, 3.63) is 71.8 Å². The molecule has 2 heteroatoms. The van der Waals surface area contributed by atoms with Gasteiger partial charge in [-0.2, -0.15) is 0 Å². The first-order chi connectivity index (χ1) is 9.18. The molecule has 1 N–H and O–H groups in total. The van der Waals surface area contributed by atoms with E-state index in [1.54, 1.807) is 6.92 Å². The van der Waals surface area contributed by atoms with E-state index < -0.39 is 0 Å². The highest BCUT2D eigenvalue weighted by Crippen LogP contribution is 2.30. The lowest BCUT2D eigenvalue weighted by molar-refractivity contribution is -0.119. The fourth-order valence-electron chi connectivity index (χ4n) is 2.33. The lowest BCUT2D eigenvalue weighted by Crippen LogP contribution is -2.29. The summed E-state index contributed by atoms with van der Waals surface area (Å²) >= 11 is 0. The van der Waals surface area contributed by atoms with Crippen LogP contribution in [0.15, 0.2) is 60.7 Å². The number of benzene rings is 2. The van der Waals surface area contributed by atoms with Gasteiger partial charge in [0.2, 0.25) is 5.91 Å². The first kappa shape index (κ1) is 13.3. The predicted octanol–water partition coefficient (Wildman–Crippen LogP) is 3.67. The van der Waals surface area contributed by atoms with Gasteiger partial charge in [-0.15, -0.1) is 0 Å². The lowest BCUT2D eigenvalue weighted by Gasteiger charge is -2.25. The zero-order chi connectivity index (χ0) is 13.7. The molecular weight excluding hydrogens is 234 g/mol. The van der Waals surface area contributed by atoms with E-state index in [0.717, 1.165) is 5.56 Å². The highest BCUT2D eigenvalue weighted by molar-refractivity contribution is 5.73. The molecule has 0 bridgehead atoms. The van der Waals surface area contributed by atoms with Crippen LogP contribution in [0.1, 0.15) is 36.9 Å². The number of carbonyl (C=O) groups excluding carboxylic acids is 1. The van der Waals surface area contributed by atoms with Gasteiger partial charge in [0.05, 0.1) is 6.04 Å². The largest absolute Gasteiger partial charge is 0.349 e. The maximum absolute atomic E-state index is 11.5. The van der Waals surface area contributed by atoms with Crippen LogP contribution in [0.25, 0.3) is 0 Å². The van der Waals surface area contributed by atoms with Gasteiger partial charge in [-0.3, -0.25) is 4.79 Å². The highest BCUT2D eigenvalue weighted by atomic mass is 16.1. The monoisotopic (exact) mass is 253 g/mol. The Labute approximate surface area is 114 Å². The van der Waals surface area contributed by atoms with E-state index in [4.69, 9.17) is 0 Å². The zero-order valence-electron chi connectivity index (χ0n) is 11.3. The van der Waals surface area contributed by atoms with E-state index in [0.29, 0.717) is 0 Å². The molecule has 2 rings (SSSR count). The third kappa shape index (κ3) is 3.44. The van der Waals surface area contributed by atoms with Crippen LogP contribution in [-0.2, 0) is 4.79 Å². The van der Waals surface area contributed by atoms with Gasteiger partial charge in [0.15, 0.2) is 0 Å². The summed E-state index contributed by atoms with van der Waals surface area (Å²) in [6, 6.07) is 20.4. The molecule has 0 aliphatic rings. The van der Waals surface area contributed by atoms with Gasteiger partial charge in [-0.05, 0) is 11.1 Å². The van der Waals surface area contributed by atoms with Gasteiger partial charge in [-0.25, -0.2) is 0 Å². The zero-order valence-corrected chi connectivity index (χ0v) is 11.3. The Kier molecular flexibility index (Phi) is 4.35. The Bertz CT molecular complexity index is 521. The van der Waals surface area contributed by atoms with Crippen molar-refractivity contribution >= 4 is 5.91 Å². The molecule has 0 aliphatic carbocycles. The molecule has 2 atom stereocenters. The molecule has 0 aromatic heterocycles. The molecule has 2 nitrogen and oxygen atoms in total. The average molecular weight is 253 g/mol. The van der Waals surface area contributed by atoms with Gasteiger partial charge < -0.3 is 5.32 Å². The molecule has 0 aliphatic heterocycles. The number of hydrogen-bond donors (Lipinski definition) is 1. The summed E-state index contributed by atoms with van der Waals surface area (Å²) < 4.78 is 0. The van der Waals surface area contributed by atoms with Crippen LogP contribution >= 0.6 is 0 Å². The Morgan fingerprint density at radius 2 is 1.37 bits per heavy atom. The second kappa shape index (κ2) is 6.19. The summed E-state index contributed by atoms with van der Waals surface area (Å²) in [5.41, 5.74) is 2.36. The smallest absolute Gasteiger partial charge is 0.217 e. The molecule has 2 aromatic rings. The molecule has 1 amide bonds. The van der Waals surface area contributed by atoms with Crippen molar-refractivity contribution in [2.75, 3.05) is 0 Å². The van der Waals surface area contributed by atoms with Crippen LogP contribution in [0, 0.1) is 0 Å². The van der Waals surface area contributed by atoms with Crippen molar-refractivity contribution in [1.82, 2.24) is 5.32 Å². The Hall–Kier alpha value is -2.09. The summed E-state index contributed by atoms with van der Waals surface area (Å²) in [5.74, 6) is 0.226. The van der Waals surface area contributed by atoms with Crippen molar-refractivity contribution < 1.29 is 4.79 Å². The van der Waals surface area contributed by atoms with Crippen molar-refractivity contribution in [3.63, 3.8) is 0 Å². The molecule has 0 saturated heterocycles. The van der Waals surface area contributed by atoms with Crippen LogP contribution in [-0.4, -0.2) is 5.91 Å². The molecule has 0 heterocycles. The van der Waals surface area contributed by atoms with Crippen molar-refractivity contribution in [2.45, 2.75) is 25.8 Å². The molecule has 0 saturated carbocycles. The average Bonchev–Trinajstić information content (AvgIpc) is 2.46. The minimum absolute atomic E-state index is 0.00102. The summed E-state index contributed by atoms with van der Waals surface area (Å²) in [6.45, 7) is 3.70. The van der Waals surface area contributed by atoms with Crippen LogP contribution in [0.2, 0.25) is 0 Å². The molecule has 19 heavy (non-hydrogen) atoms. The van der Waals surface area contributed by atoms with Crippen molar-refractivity contribution in [1.29, 1.82) is 0 Å². The SMILES string of the molecule is CC(=O)N[C@@H](c1ccccc1)C(C)c1ccccc1. The molecular formula is C17H19NO. The van der Waals surface area contributed by atoms with E-state index in [-0.39, 0.29) is 17.9 Å². The maximum Gasteiger partial charge on any atom is 0.217 e. The van der Waals surface area contributed by atoms with Crippen LogP contribution in [0.4, 0.5) is 0 Å². The number of nitrogens with one attached hydrogen (secondary N) is 1. The Morgan fingerprint density at radius 1 is 0.895 bits per heavy atom. The van der Waals surface area contributed by atoms with Gasteiger partial charge in [0.1, 0.15) is 0 Å². The summed E-state index contributed by atoms with van der Waals surface area (Å²) in [4.78, 5) is 11.5. The minimum atomic E-state index is -0.00312. The van der Waals surface area contributed by atoms with E-state index in [1.807, 2.05) is 36.4 Å². The van der Waals surface area contributed by atoms with Crippen molar-refractivity contribution in [2.24, 2.45) is 0 Å². The first-order valence-corrected chi connectivity index (χ1v) is 6.55. The second-order valence-corrected chi connectivity index (χ2v) is 4.79. The van der Waals surface area contributed by atoms with Gasteiger partial charge >= 0.3 is 0 Å². The minimum Gasteiger partial charge on any atom is -0.349 e. The third-order valence-electron chi connectivity index (χ3n) is 3.34. The molecule has 2 aromatic carbocycles. The normalized spacial score (nSPS) is 13.6. The second-order valence-electron chi connectivity index (χ2n) is 4.79. The van der Waals surface area contributed by atoms with Crippen LogP contribution < -0.4 is 5.32 Å². The van der Waals surface area contributed by atoms with Crippen LogP contribution in [0.5, 0.6) is 0 Å². The van der Waals surface area contributed by atoms with E-state index in [2.05, 4.69) is 36.5 Å². The van der Waals surface area contributed by atoms with Crippen LogP contribution in [0.3, 0.4) is 0 Å². The van der Waals surface area contributed by atoms with Gasteiger partial charge in [0.25, 0.3) is 0 Å². The first-order valence-electron chi connectivity index (χ1n) is 6.55. The van der Waals surface area contributed by atoms with E-state index in [9.17, 15) is 4.79 Å². The van der Waals surface area contributed by atoms with Crippen molar-refractivity contribution in [3.8, 4) is 0 Å². The number of rotatable bonds is 4. The number of hydrogen-bond acceptors (Lipinski definition) is 1. The Balaban J connectivity index is 2.30. The summed E-state index contributed by atoms with van der Waals surface area (Å²) in [5, 5.41) is 3.06. The standard InChI is InChI=1S/C17H19NO/c1-13(15-9-5-3-6-10-15)17(18-14(2)19)16-11-7-4-8-12-16/h3-13,17H,1-2H3,(H,18,19)/t13?,17-/m1/s1. The fourth-order valence-corrected chi connectivity index (χ4v) is 2.33. The third-order valence-corrected chi connectivity index (χ3v) is 3.34. The molecule has 0 fully saturated rings. The molecule has 0 spiro atoms. The summed E-state index contributed by atoms with van der Waals surface area (Å²) in [6.07, 6.45) is 0. The molecule has 0 radical (unpaired) electrons. The van der Waals surface area contributed by atoms with E-state index >= 15 is 0 Å². The topological polar surface area (TPSA) is 29.1 Å². The van der Waals surface area contributed by atoms with Gasteiger partial charge in [0, 0.05) is 12.8 Å². The highest BCUT2D eigenvalue weighted by Gasteiger charge is 2.21. The quantitative estimate of drug-likeness (QED) is 0.885. The lowest BCUT2D eigenvalue weighted by atomic mass is 9.88. The predicted molar refractivity (Wildman–Crippen MR) is 77.9 cm³/mol.